The van der Waals surface area contributed by atoms with Gasteiger partial charge < -0.3 is 15.1 Å². The highest BCUT2D eigenvalue weighted by Gasteiger charge is 2.31. The lowest BCUT2D eigenvalue weighted by atomic mass is 10.1. The SMILES string of the molecule is CC1CC(CN)CN1C(=O)Cc1csc(-c2ccoc2)n1.Cl.Cl. The minimum atomic E-state index is 0. The lowest BCUT2D eigenvalue weighted by Gasteiger charge is -2.21. The summed E-state index contributed by atoms with van der Waals surface area (Å²) in [5.41, 5.74) is 7.49. The normalized spacial score (nSPS) is 20.0. The number of likely N-dealkylation sites (tertiary alicyclic amines) is 1. The summed E-state index contributed by atoms with van der Waals surface area (Å²) in [7, 11) is 0. The molecule has 0 spiro atoms. The van der Waals surface area contributed by atoms with Crippen molar-refractivity contribution in [2.24, 2.45) is 11.7 Å². The Bertz CT molecular complexity index is 618. The summed E-state index contributed by atoms with van der Waals surface area (Å²) >= 11 is 1.54. The first-order chi connectivity index (χ1) is 10.2. The van der Waals surface area contributed by atoms with Gasteiger partial charge in [0.1, 0.15) is 11.3 Å². The maximum atomic E-state index is 12.4. The molecule has 1 saturated heterocycles. The third kappa shape index (κ3) is 4.47. The average molecular weight is 378 g/mol. The fourth-order valence-corrected chi connectivity index (χ4v) is 3.63. The molecule has 2 atom stereocenters. The molecule has 0 bridgehead atoms. The van der Waals surface area contributed by atoms with E-state index in [9.17, 15) is 4.79 Å². The van der Waals surface area contributed by atoms with Gasteiger partial charge in [-0.1, -0.05) is 0 Å². The Hall–Kier alpha value is -1.08. The van der Waals surface area contributed by atoms with Crippen molar-refractivity contribution >= 4 is 42.1 Å². The lowest BCUT2D eigenvalue weighted by molar-refractivity contribution is -0.131. The highest BCUT2D eigenvalue weighted by Crippen LogP contribution is 2.26. The number of nitrogens with zero attached hydrogens (tertiary/aromatic N) is 2. The van der Waals surface area contributed by atoms with Gasteiger partial charge in [-0.3, -0.25) is 4.79 Å². The molecule has 0 aromatic carbocycles. The Kier molecular flexibility index (Phi) is 7.54. The topological polar surface area (TPSA) is 72.4 Å². The van der Waals surface area contributed by atoms with Crippen LogP contribution in [0.2, 0.25) is 0 Å². The van der Waals surface area contributed by atoms with Gasteiger partial charge in [0.25, 0.3) is 0 Å². The average Bonchev–Trinajstić information content (AvgIpc) is 3.17. The molecule has 1 aliphatic heterocycles. The Labute approximate surface area is 152 Å². The van der Waals surface area contributed by atoms with E-state index in [2.05, 4.69) is 11.9 Å². The van der Waals surface area contributed by atoms with Gasteiger partial charge in [-0.05, 0) is 31.9 Å². The van der Waals surface area contributed by atoms with Crippen LogP contribution >= 0.6 is 36.2 Å². The number of rotatable bonds is 4. The summed E-state index contributed by atoms with van der Waals surface area (Å²) in [5, 5.41) is 2.84. The monoisotopic (exact) mass is 377 g/mol. The lowest BCUT2D eigenvalue weighted by Crippen LogP contribution is -2.35. The van der Waals surface area contributed by atoms with Crippen LogP contribution in [0, 0.1) is 5.92 Å². The Balaban J connectivity index is 0.00000132. The molecule has 2 aromatic rings. The predicted molar refractivity (Wildman–Crippen MR) is 96.4 cm³/mol. The molecule has 2 unspecified atom stereocenters. The zero-order valence-corrected chi connectivity index (χ0v) is 15.3. The van der Waals surface area contributed by atoms with Crippen molar-refractivity contribution < 1.29 is 9.21 Å². The van der Waals surface area contributed by atoms with Crippen molar-refractivity contribution in [2.75, 3.05) is 13.1 Å². The molecule has 5 nitrogen and oxygen atoms in total. The van der Waals surface area contributed by atoms with E-state index < -0.39 is 0 Å². The van der Waals surface area contributed by atoms with E-state index in [0.717, 1.165) is 29.2 Å². The standard InChI is InChI=1S/C15H19N3O2S.2ClH/c1-10-4-11(6-16)7-18(10)14(19)5-13-9-21-15(17-13)12-2-3-20-8-12;;/h2-3,8-11H,4-7,16H2,1H3;2*1H. The Morgan fingerprint density at radius 1 is 1.52 bits per heavy atom. The van der Waals surface area contributed by atoms with Crippen molar-refractivity contribution in [1.82, 2.24) is 9.88 Å². The van der Waals surface area contributed by atoms with Gasteiger partial charge in [0.15, 0.2) is 0 Å². The van der Waals surface area contributed by atoms with E-state index in [1.165, 1.54) is 11.3 Å². The van der Waals surface area contributed by atoms with Gasteiger partial charge in [-0.15, -0.1) is 36.2 Å². The molecule has 128 valence electrons. The molecule has 1 amide bonds. The number of hydrogen-bond donors (Lipinski definition) is 1. The van der Waals surface area contributed by atoms with Crippen LogP contribution in [0.15, 0.2) is 28.4 Å². The summed E-state index contributed by atoms with van der Waals surface area (Å²) in [4.78, 5) is 18.9. The maximum Gasteiger partial charge on any atom is 0.228 e. The highest BCUT2D eigenvalue weighted by molar-refractivity contribution is 7.13. The molecule has 8 heteroatoms. The van der Waals surface area contributed by atoms with Crippen LogP contribution in [-0.2, 0) is 11.2 Å². The number of halogens is 2. The smallest absolute Gasteiger partial charge is 0.228 e. The molecule has 3 rings (SSSR count). The number of amides is 1. The second-order valence-electron chi connectivity index (χ2n) is 5.57. The van der Waals surface area contributed by atoms with E-state index in [4.69, 9.17) is 10.2 Å². The molecular weight excluding hydrogens is 357 g/mol. The van der Waals surface area contributed by atoms with Crippen molar-refractivity contribution in [3.8, 4) is 10.6 Å². The van der Waals surface area contributed by atoms with Crippen LogP contribution in [0.5, 0.6) is 0 Å². The van der Waals surface area contributed by atoms with Crippen molar-refractivity contribution in [3.63, 3.8) is 0 Å². The molecule has 0 saturated carbocycles. The number of aromatic nitrogens is 1. The first kappa shape index (κ1) is 20.0. The third-order valence-electron chi connectivity index (χ3n) is 3.97. The number of carbonyl (C=O) groups is 1. The zero-order chi connectivity index (χ0) is 14.8. The van der Waals surface area contributed by atoms with Crippen LogP contribution in [-0.4, -0.2) is 34.9 Å². The molecule has 0 radical (unpaired) electrons. The molecule has 1 aliphatic rings. The summed E-state index contributed by atoms with van der Waals surface area (Å²) in [6.45, 7) is 3.51. The number of hydrogen-bond acceptors (Lipinski definition) is 5. The molecule has 2 N–H and O–H groups in total. The highest BCUT2D eigenvalue weighted by atomic mass is 35.5. The van der Waals surface area contributed by atoms with Gasteiger partial charge in [0, 0.05) is 23.5 Å². The Morgan fingerprint density at radius 3 is 2.91 bits per heavy atom. The maximum absolute atomic E-state index is 12.4. The fraction of sp³-hybridized carbons (Fsp3) is 0.467. The molecule has 3 heterocycles. The van der Waals surface area contributed by atoms with Crippen LogP contribution in [0.1, 0.15) is 19.0 Å². The summed E-state index contributed by atoms with van der Waals surface area (Å²) in [6.07, 6.45) is 4.65. The second kappa shape index (κ2) is 8.68. The molecule has 0 aliphatic carbocycles. The van der Waals surface area contributed by atoms with Gasteiger partial charge in [-0.2, -0.15) is 0 Å². The first-order valence-electron chi connectivity index (χ1n) is 7.14. The Morgan fingerprint density at radius 2 is 2.30 bits per heavy atom. The van der Waals surface area contributed by atoms with Crippen molar-refractivity contribution in [1.29, 1.82) is 0 Å². The molecular formula is C15H21Cl2N3O2S. The first-order valence-corrected chi connectivity index (χ1v) is 8.02. The predicted octanol–water partition coefficient (Wildman–Crippen LogP) is 2.98. The number of thiazole rings is 1. The van der Waals surface area contributed by atoms with E-state index in [0.29, 0.717) is 18.9 Å². The second-order valence-corrected chi connectivity index (χ2v) is 6.42. The van der Waals surface area contributed by atoms with Crippen LogP contribution < -0.4 is 5.73 Å². The third-order valence-corrected chi connectivity index (χ3v) is 4.91. The summed E-state index contributed by atoms with van der Waals surface area (Å²) < 4.78 is 5.06. The van der Waals surface area contributed by atoms with E-state index in [1.807, 2.05) is 16.3 Å². The zero-order valence-electron chi connectivity index (χ0n) is 12.8. The van der Waals surface area contributed by atoms with Crippen LogP contribution in [0.4, 0.5) is 0 Å². The van der Waals surface area contributed by atoms with Crippen molar-refractivity contribution in [2.45, 2.75) is 25.8 Å². The van der Waals surface area contributed by atoms with Crippen LogP contribution in [0.3, 0.4) is 0 Å². The minimum Gasteiger partial charge on any atom is -0.472 e. The molecule has 2 aromatic heterocycles. The largest absolute Gasteiger partial charge is 0.472 e. The van der Waals surface area contributed by atoms with Gasteiger partial charge in [0.05, 0.1) is 18.4 Å². The van der Waals surface area contributed by atoms with E-state index in [1.54, 1.807) is 12.5 Å². The van der Waals surface area contributed by atoms with E-state index in [-0.39, 0.29) is 36.8 Å². The summed E-state index contributed by atoms with van der Waals surface area (Å²) in [6, 6.07) is 2.15. The van der Waals surface area contributed by atoms with Gasteiger partial charge in [0.2, 0.25) is 5.91 Å². The van der Waals surface area contributed by atoms with Gasteiger partial charge in [-0.25, -0.2) is 4.98 Å². The van der Waals surface area contributed by atoms with Crippen LogP contribution in [0.25, 0.3) is 10.6 Å². The number of nitrogens with two attached hydrogens (primary N) is 1. The fourth-order valence-electron chi connectivity index (χ4n) is 2.82. The number of carbonyl (C=O) groups excluding carboxylic acids is 1. The van der Waals surface area contributed by atoms with Gasteiger partial charge >= 0.3 is 0 Å². The quantitative estimate of drug-likeness (QED) is 0.888. The number of furan rings is 1. The minimum absolute atomic E-state index is 0. The summed E-state index contributed by atoms with van der Waals surface area (Å²) in [5.74, 6) is 0.573. The van der Waals surface area contributed by atoms with Crippen molar-refractivity contribution in [3.05, 3.63) is 29.7 Å². The molecule has 1 fully saturated rings. The molecule has 23 heavy (non-hydrogen) atoms. The van der Waals surface area contributed by atoms with E-state index >= 15 is 0 Å².